The minimum atomic E-state index is -0.544. The number of nitro groups is 1. The van der Waals surface area contributed by atoms with Crippen LogP contribution >= 0.6 is 0 Å². The van der Waals surface area contributed by atoms with Gasteiger partial charge in [-0.05, 0) is 24.3 Å². The molecule has 0 radical (unpaired) electrons. The van der Waals surface area contributed by atoms with Gasteiger partial charge in [0.1, 0.15) is 6.54 Å². The van der Waals surface area contributed by atoms with Gasteiger partial charge in [-0.25, -0.2) is 0 Å². The first-order valence-electron chi connectivity index (χ1n) is 8.67. The normalized spacial score (nSPS) is 15.2. The molecule has 138 valence electrons. The molecule has 0 bridgehead atoms. The van der Waals surface area contributed by atoms with Gasteiger partial charge < -0.3 is 15.0 Å². The Morgan fingerprint density at radius 2 is 1.92 bits per heavy atom. The van der Waals surface area contributed by atoms with Crippen molar-refractivity contribution in [1.29, 1.82) is 0 Å². The second kappa shape index (κ2) is 7.65. The third-order valence-electron chi connectivity index (χ3n) is 4.65. The number of hydrogen-bond donors (Lipinski definition) is 0. The standard InChI is InChI=1S/C18H23N5O3/c1-14-4-3-5-16(10-14)12-20-6-8-21(9-7-20)18(24)13-22-15(2)11-17(19-22)23(25)26/h3-5,10-11H,6-9,12-13H2,1-2H3. The fourth-order valence-electron chi connectivity index (χ4n) is 3.19. The molecule has 8 nitrogen and oxygen atoms in total. The number of hydrogen-bond acceptors (Lipinski definition) is 5. The highest BCUT2D eigenvalue weighted by molar-refractivity contribution is 5.76. The van der Waals surface area contributed by atoms with E-state index in [1.807, 2.05) is 0 Å². The molecular weight excluding hydrogens is 334 g/mol. The van der Waals surface area contributed by atoms with Crippen LogP contribution in [0.1, 0.15) is 16.8 Å². The number of nitrogens with zero attached hydrogens (tertiary/aromatic N) is 5. The van der Waals surface area contributed by atoms with E-state index >= 15 is 0 Å². The van der Waals surface area contributed by atoms with Gasteiger partial charge in [-0.1, -0.05) is 29.8 Å². The van der Waals surface area contributed by atoms with Crippen LogP contribution in [0, 0.1) is 24.0 Å². The SMILES string of the molecule is Cc1cccc(CN2CCN(C(=O)Cn3nc([N+](=O)[O-])cc3C)CC2)c1. The predicted molar refractivity (Wildman–Crippen MR) is 96.7 cm³/mol. The highest BCUT2D eigenvalue weighted by atomic mass is 16.6. The van der Waals surface area contributed by atoms with Crippen molar-refractivity contribution in [2.45, 2.75) is 26.9 Å². The largest absolute Gasteiger partial charge is 0.390 e. The lowest BCUT2D eigenvalue weighted by Gasteiger charge is -2.34. The lowest BCUT2D eigenvalue weighted by molar-refractivity contribution is -0.389. The number of benzene rings is 1. The monoisotopic (exact) mass is 357 g/mol. The molecule has 0 atom stereocenters. The van der Waals surface area contributed by atoms with E-state index in [0.29, 0.717) is 18.8 Å². The first kappa shape index (κ1) is 18.1. The first-order chi connectivity index (χ1) is 12.4. The highest BCUT2D eigenvalue weighted by Crippen LogP contribution is 2.13. The molecule has 1 aliphatic rings. The highest BCUT2D eigenvalue weighted by Gasteiger charge is 2.24. The number of aryl methyl sites for hydroxylation is 2. The van der Waals surface area contributed by atoms with Crippen molar-refractivity contribution in [1.82, 2.24) is 19.6 Å². The molecule has 26 heavy (non-hydrogen) atoms. The van der Waals surface area contributed by atoms with Crippen LogP contribution in [0.15, 0.2) is 30.3 Å². The average Bonchev–Trinajstić information content (AvgIpc) is 2.96. The van der Waals surface area contributed by atoms with Gasteiger partial charge in [0.25, 0.3) is 0 Å². The lowest BCUT2D eigenvalue weighted by atomic mass is 10.1. The topological polar surface area (TPSA) is 84.5 Å². The summed E-state index contributed by atoms with van der Waals surface area (Å²) in [5, 5.41) is 14.7. The van der Waals surface area contributed by atoms with E-state index in [0.717, 1.165) is 19.6 Å². The van der Waals surface area contributed by atoms with E-state index in [-0.39, 0.29) is 18.3 Å². The summed E-state index contributed by atoms with van der Waals surface area (Å²) in [7, 11) is 0. The van der Waals surface area contributed by atoms with Gasteiger partial charge in [0.2, 0.25) is 5.91 Å². The van der Waals surface area contributed by atoms with Crippen LogP contribution < -0.4 is 0 Å². The predicted octanol–water partition coefficient (Wildman–Crippen LogP) is 1.75. The Balaban J connectivity index is 1.53. The molecule has 1 fully saturated rings. The van der Waals surface area contributed by atoms with Crippen LogP contribution in [-0.4, -0.2) is 56.6 Å². The Labute approximate surface area is 152 Å². The van der Waals surface area contributed by atoms with Crippen molar-refractivity contribution in [3.8, 4) is 0 Å². The molecule has 1 aliphatic heterocycles. The minimum absolute atomic E-state index is 0.0392. The van der Waals surface area contributed by atoms with Crippen LogP contribution in [0.5, 0.6) is 0 Å². The fraction of sp³-hybridized carbons (Fsp3) is 0.444. The van der Waals surface area contributed by atoms with E-state index in [1.165, 1.54) is 21.9 Å². The van der Waals surface area contributed by atoms with Crippen molar-refractivity contribution in [3.63, 3.8) is 0 Å². The minimum Gasteiger partial charge on any atom is -0.358 e. The number of piperazine rings is 1. The molecule has 1 aromatic heterocycles. The summed E-state index contributed by atoms with van der Waals surface area (Å²) in [4.78, 5) is 26.9. The van der Waals surface area contributed by atoms with Gasteiger partial charge in [-0.15, -0.1) is 0 Å². The molecule has 2 heterocycles. The zero-order valence-electron chi connectivity index (χ0n) is 15.1. The maximum Gasteiger partial charge on any atom is 0.390 e. The molecule has 8 heteroatoms. The molecule has 0 unspecified atom stereocenters. The second-order valence-electron chi connectivity index (χ2n) is 6.70. The Morgan fingerprint density at radius 3 is 2.54 bits per heavy atom. The van der Waals surface area contributed by atoms with Crippen LogP contribution in [0.4, 0.5) is 5.82 Å². The van der Waals surface area contributed by atoms with E-state index in [9.17, 15) is 14.9 Å². The first-order valence-corrected chi connectivity index (χ1v) is 8.67. The number of amides is 1. The Bertz CT molecular complexity index is 809. The number of carbonyl (C=O) groups excluding carboxylic acids is 1. The molecular formula is C18H23N5O3. The van der Waals surface area contributed by atoms with Gasteiger partial charge in [-0.3, -0.25) is 9.69 Å². The molecule has 2 aromatic rings. The Morgan fingerprint density at radius 1 is 1.19 bits per heavy atom. The molecule has 1 saturated heterocycles. The van der Waals surface area contributed by atoms with Gasteiger partial charge in [0.05, 0.1) is 16.9 Å². The number of rotatable bonds is 5. The fourth-order valence-corrected chi connectivity index (χ4v) is 3.19. The maximum absolute atomic E-state index is 12.5. The van der Waals surface area contributed by atoms with Crippen molar-refractivity contribution < 1.29 is 9.72 Å². The lowest BCUT2D eigenvalue weighted by Crippen LogP contribution is -2.49. The second-order valence-corrected chi connectivity index (χ2v) is 6.70. The van der Waals surface area contributed by atoms with Crippen LogP contribution in [0.3, 0.4) is 0 Å². The van der Waals surface area contributed by atoms with Gasteiger partial charge >= 0.3 is 5.82 Å². The van der Waals surface area contributed by atoms with Crippen LogP contribution in [0.2, 0.25) is 0 Å². The number of aromatic nitrogens is 2. The summed E-state index contributed by atoms with van der Waals surface area (Å²) in [6.45, 7) is 7.68. The number of carbonyl (C=O) groups is 1. The molecule has 1 aromatic carbocycles. The molecule has 0 N–H and O–H groups in total. The zero-order chi connectivity index (χ0) is 18.7. The summed E-state index contributed by atoms with van der Waals surface area (Å²) in [5.41, 5.74) is 3.15. The molecule has 0 aliphatic carbocycles. The van der Waals surface area contributed by atoms with Crippen LogP contribution in [0.25, 0.3) is 0 Å². The van der Waals surface area contributed by atoms with Gasteiger partial charge in [0.15, 0.2) is 0 Å². The van der Waals surface area contributed by atoms with Crippen LogP contribution in [-0.2, 0) is 17.9 Å². The molecule has 0 spiro atoms. The van der Waals surface area contributed by atoms with Gasteiger partial charge in [0, 0.05) is 32.7 Å². The third-order valence-corrected chi connectivity index (χ3v) is 4.65. The quantitative estimate of drug-likeness (QED) is 0.601. The van der Waals surface area contributed by atoms with E-state index < -0.39 is 4.92 Å². The Kier molecular flexibility index (Phi) is 5.32. The molecule has 1 amide bonds. The van der Waals surface area contributed by atoms with E-state index in [4.69, 9.17) is 0 Å². The summed E-state index contributed by atoms with van der Waals surface area (Å²) < 4.78 is 1.40. The van der Waals surface area contributed by atoms with E-state index in [1.54, 1.807) is 11.8 Å². The molecule has 0 saturated carbocycles. The third kappa shape index (κ3) is 4.26. The van der Waals surface area contributed by atoms with Crippen molar-refractivity contribution >= 4 is 11.7 Å². The van der Waals surface area contributed by atoms with Gasteiger partial charge in [-0.2, -0.15) is 4.68 Å². The smallest absolute Gasteiger partial charge is 0.358 e. The van der Waals surface area contributed by atoms with Crippen molar-refractivity contribution in [2.75, 3.05) is 26.2 Å². The Hall–Kier alpha value is -2.74. The van der Waals surface area contributed by atoms with Crippen molar-refractivity contribution in [2.24, 2.45) is 0 Å². The summed E-state index contributed by atoms with van der Waals surface area (Å²) in [5.74, 6) is -0.278. The average molecular weight is 357 g/mol. The zero-order valence-corrected chi connectivity index (χ0v) is 15.1. The summed E-state index contributed by atoms with van der Waals surface area (Å²) >= 11 is 0. The maximum atomic E-state index is 12.5. The van der Waals surface area contributed by atoms with E-state index in [2.05, 4.69) is 41.2 Å². The summed E-state index contributed by atoms with van der Waals surface area (Å²) in [6.07, 6.45) is 0. The van der Waals surface area contributed by atoms with Crippen molar-refractivity contribution in [3.05, 3.63) is 57.3 Å². The molecule has 3 rings (SSSR count). The summed E-state index contributed by atoms with van der Waals surface area (Å²) in [6, 6.07) is 9.84.